The molecule has 7 nitrogen and oxygen atoms in total. The first-order valence-corrected chi connectivity index (χ1v) is 10.2. The number of allylic oxidation sites excluding steroid dienone is 1. The normalized spacial score (nSPS) is 23.5. The van der Waals surface area contributed by atoms with Crippen LogP contribution >= 0.6 is 0 Å². The maximum Gasteiger partial charge on any atom is 0.345 e. The molecule has 7 heteroatoms. The van der Waals surface area contributed by atoms with Gasteiger partial charge in [0.15, 0.2) is 5.78 Å². The van der Waals surface area contributed by atoms with Gasteiger partial charge in [0.05, 0.1) is 12.0 Å². The second-order valence-electron chi connectivity index (χ2n) is 8.06. The minimum atomic E-state index is -0.980. The molecule has 0 aromatic carbocycles. The molecule has 160 valence electrons. The van der Waals surface area contributed by atoms with E-state index in [1.165, 1.54) is 0 Å². The zero-order valence-corrected chi connectivity index (χ0v) is 17.3. The third-order valence-electron chi connectivity index (χ3n) is 5.60. The van der Waals surface area contributed by atoms with Crippen molar-refractivity contribution in [2.75, 3.05) is 0 Å². The van der Waals surface area contributed by atoms with Crippen LogP contribution in [0, 0.1) is 17.8 Å². The van der Waals surface area contributed by atoms with Crippen LogP contribution in [0.1, 0.15) is 72.6 Å². The summed E-state index contributed by atoms with van der Waals surface area (Å²) in [6.07, 6.45) is 1.99. The fourth-order valence-electron chi connectivity index (χ4n) is 3.46. The number of rotatable bonds is 11. The second kappa shape index (κ2) is 11.2. The Hall–Kier alpha value is -1.89. The van der Waals surface area contributed by atoms with Gasteiger partial charge in [-0.2, -0.15) is 0 Å². The molecule has 1 aliphatic heterocycles. The number of aliphatic hydroxyl groups is 2. The Morgan fingerprint density at radius 1 is 1.18 bits per heavy atom. The van der Waals surface area contributed by atoms with Crippen LogP contribution in [0.4, 0.5) is 0 Å². The maximum absolute atomic E-state index is 12.0. The van der Waals surface area contributed by atoms with Crippen LogP contribution in [-0.4, -0.2) is 45.2 Å². The van der Waals surface area contributed by atoms with Crippen LogP contribution in [0.2, 0.25) is 0 Å². The molecule has 0 amide bonds. The summed E-state index contributed by atoms with van der Waals surface area (Å²) >= 11 is 0. The van der Waals surface area contributed by atoms with Gasteiger partial charge in [-0.25, -0.2) is 4.79 Å². The van der Waals surface area contributed by atoms with Gasteiger partial charge in [-0.3, -0.25) is 9.59 Å². The zero-order valence-electron chi connectivity index (χ0n) is 17.3. The summed E-state index contributed by atoms with van der Waals surface area (Å²) in [7, 11) is 0. The fourth-order valence-corrected chi connectivity index (χ4v) is 3.46. The Balaban J connectivity index is 2.51. The minimum absolute atomic E-state index is 0.0717. The van der Waals surface area contributed by atoms with Crippen LogP contribution in [0.3, 0.4) is 0 Å². The van der Waals surface area contributed by atoms with Crippen molar-refractivity contribution >= 4 is 17.7 Å². The third kappa shape index (κ3) is 6.93. The Labute approximate surface area is 166 Å². The zero-order chi connectivity index (χ0) is 21.4. The highest BCUT2D eigenvalue weighted by atomic mass is 16.5. The highest BCUT2D eigenvalue weighted by Gasteiger charge is 2.33. The summed E-state index contributed by atoms with van der Waals surface area (Å²) in [6, 6.07) is 0. The van der Waals surface area contributed by atoms with Crippen molar-refractivity contribution in [1.29, 1.82) is 0 Å². The van der Waals surface area contributed by atoms with E-state index in [0.717, 1.165) is 12.8 Å². The summed E-state index contributed by atoms with van der Waals surface area (Å²) in [6.45, 7) is 7.37. The lowest BCUT2D eigenvalue weighted by Crippen LogP contribution is -2.33. The van der Waals surface area contributed by atoms with Crippen molar-refractivity contribution in [3.05, 3.63) is 11.3 Å². The van der Waals surface area contributed by atoms with Crippen LogP contribution in [-0.2, 0) is 19.1 Å². The van der Waals surface area contributed by atoms with E-state index >= 15 is 0 Å². The number of ether oxygens (including phenoxy) is 1. The summed E-state index contributed by atoms with van der Waals surface area (Å²) < 4.78 is 5.00. The van der Waals surface area contributed by atoms with E-state index in [1.54, 1.807) is 6.92 Å². The molecule has 0 aromatic rings. The molecule has 0 bridgehead atoms. The average Bonchev–Trinajstić information content (AvgIpc) is 2.61. The molecule has 0 spiro atoms. The minimum Gasteiger partial charge on any atom is -0.511 e. The molecule has 0 radical (unpaired) electrons. The Morgan fingerprint density at radius 3 is 2.36 bits per heavy atom. The Kier molecular flexibility index (Phi) is 9.65. The van der Waals surface area contributed by atoms with E-state index in [2.05, 4.69) is 0 Å². The van der Waals surface area contributed by atoms with E-state index in [1.807, 2.05) is 20.8 Å². The standard InChI is InChI=1S/C21H34O7/c1-5-13(3)19(24)15(20(25)26)8-6-7-12(2)9-10-16(22)18-17(23)11-14(4)28-21(18)27/h12-15,19,22,24H,5-11H2,1-4H3,(H,25,26)/b18-16-/t12-,13-,14+,15+,19+/m0/s1. The number of cyclic esters (lactones) is 1. The molecule has 1 heterocycles. The molecule has 3 N–H and O–H groups in total. The van der Waals surface area contributed by atoms with Crippen LogP contribution < -0.4 is 0 Å². The summed E-state index contributed by atoms with van der Waals surface area (Å²) in [5, 5.41) is 29.7. The van der Waals surface area contributed by atoms with Crippen molar-refractivity contribution in [2.45, 2.75) is 84.8 Å². The van der Waals surface area contributed by atoms with Gasteiger partial charge in [0.25, 0.3) is 0 Å². The fraction of sp³-hybridized carbons (Fsp3) is 0.762. The smallest absolute Gasteiger partial charge is 0.345 e. The SMILES string of the molecule is CC[C@H](C)[C@@H](O)[C@@H](CCC[C@H](C)CC/C(O)=C1\C(=O)C[C@@H](C)OC1=O)C(=O)O. The molecule has 1 saturated heterocycles. The van der Waals surface area contributed by atoms with E-state index in [-0.39, 0.29) is 36.0 Å². The summed E-state index contributed by atoms with van der Waals surface area (Å²) in [4.78, 5) is 35.2. The van der Waals surface area contributed by atoms with Crippen molar-refractivity contribution in [2.24, 2.45) is 17.8 Å². The highest BCUT2D eigenvalue weighted by molar-refractivity contribution is 6.19. The van der Waals surface area contributed by atoms with Crippen molar-refractivity contribution in [1.82, 2.24) is 0 Å². The number of ketones is 1. The lowest BCUT2D eigenvalue weighted by molar-refractivity contribution is -0.150. The van der Waals surface area contributed by atoms with Gasteiger partial charge in [0.1, 0.15) is 17.4 Å². The third-order valence-corrected chi connectivity index (χ3v) is 5.60. The number of carboxylic acid groups (broad SMARTS) is 1. The van der Waals surface area contributed by atoms with Crippen LogP contribution in [0.15, 0.2) is 11.3 Å². The van der Waals surface area contributed by atoms with E-state index in [4.69, 9.17) is 4.74 Å². The Morgan fingerprint density at radius 2 is 1.82 bits per heavy atom. The first-order valence-electron chi connectivity index (χ1n) is 10.2. The molecule has 1 rings (SSSR count). The van der Waals surface area contributed by atoms with Gasteiger partial charge >= 0.3 is 11.9 Å². The topological polar surface area (TPSA) is 121 Å². The van der Waals surface area contributed by atoms with Crippen LogP contribution in [0.5, 0.6) is 0 Å². The highest BCUT2D eigenvalue weighted by Crippen LogP contribution is 2.26. The van der Waals surface area contributed by atoms with Gasteiger partial charge in [0.2, 0.25) is 0 Å². The number of carbonyl (C=O) groups excluding carboxylic acids is 2. The number of aliphatic hydroxyl groups excluding tert-OH is 2. The summed E-state index contributed by atoms with van der Waals surface area (Å²) in [5.41, 5.74) is -0.243. The molecule has 0 unspecified atom stereocenters. The molecular weight excluding hydrogens is 364 g/mol. The number of hydrogen-bond donors (Lipinski definition) is 3. The van der Waals surface area contributed by atoms with Crippen LogP contribution in [0.25, 0.3) is 0 Å². The van der Waals surface area contributed by atoms with Gasteiger partial charge < -0.3 is 20.1 Å². The monoisotopic (exact) mass is 398 g/mol. The molecule has 28 heavy (non-hydrogen) atoms. The van der Waals surface area contributed by atoms with Crippen molar-refractivity contribution in [3.8, 4) is 0 Å². The van der Waals surface area contributed by atoms with E-state index in [9.17, 15) is 29.7 Å². The van der Waals surface area contributed by atoms with Gasteiger partial charge in [-0.15, -0.1) is 0 Å². The summed E-state index contributed by atoms with van der Waals surface area (Å²) in [5.74, 6) is -3.05. The number of carbonyl (C=O) groups is 3. The lowest BCUT2D eigenvalue weighted by atomic mass is 9.85. The maximum atomic E-state index is 12.0. The number of Topliss-reactive ketones (excluding diaryl/α,β-unsaturated/α-hetero) is 1. The van der Waals surface area contributed by atoms with Crippen molar-refractivity contribution < 1.29 is 34.4 Å². The number of esters is 1. The van der Waals surface area contributed by atoms with Gasteiger partial charge in [0, 0.05) is 12.8 Å². The first-order chi connectivity index (χ1) is 13.1. The molecular formula is C21H34O7. The van der Waals surface area contributed by atoms with Gasteiger partial charge in [-0.1, -0.05) is 40.0 Å². The predicted molar refractivity (Wildman–Crippen MR) is 104 cm³/mol. The van der Waals surface area contributed by atoms with E-state index in [0.29, 0.717) is 19.3 Å². The molecule has 1 fully saturated rings. The number of hydrogen-bond acceptors (Lipinski definition) is 6. The first kappa shape index (κ1) is 24.1. The quantitative estimate of drug-likeness (QED) is 0.211. The molecule has 0 aromatic heterocycles. The lowest BCUT2D eigenvalue weighted by Gasteiger charge is -2.24. The Bertz CT molecular complexity index is 576. The molecule has 0 aliphatic carbocycles. The molecule has 0 saturated carbocycles. The van der Waals surface area contributed by atoms with E-state index < -0.39 is 35.8 Å². The van der Waals surface area contributed by atoms with Gasteiger partial charge in [-0.05, 0) is 31.6 Å². The molecule has 1 aliphatic rings. The predicted octanol–water partition coefficient (Wildman–Crippen LogP) is 3.40. The number of aliphatic carboxylic acids is 1. The van der Waals surface area contributed by atoms with Crippen molar-refractivity contribution in [3.63, 3.8) is 0 Å². The number of carboxylic acids is 1. The largest absolute Gasteiger partial charge is 0.511 e. The molecule has 5 atom stereocenters. The average molecular weight is 398 g/mol. The second-order valence-corrected chi connectivity index (χ2v) is 8.06.